The van der Waals surface area contributed by atoms with E-state index in [0.717, 1.165) is 0 Å². The third-order valence-electron chi connectivity index (χ3n) is 3.08. The number of nitrogens with one attached hydrogen (secondary N) is 1. The Morgan fingerprint density at radius 1 is 1.50 bits per heavy atom. The zero-order valence-electron chi connectivity index (χ0n) is 9.43. The van der Waals surface area contributed by atoms with Crippen molar-refractivity contribution >= 4 is 0 Å². The molecule has 0 aromatic rings. The first-order chi connectivity index (χ1) is 7.47. The molecular formula is C10H19F3N2O. The molecule has 0 spiro atoms. The van der Waals surface area contributed by atoms with Gasteiger partial charge in [-0.1, -0.05) is 0 Å². The lowest BCUT2D eigenvalue weighted by atomic mass is 9.97. The molecule has 1 heterocycles. The van der Waals surface area contributed by atoms with E-state index in [-0.39, 0.29) is 25.6 Å². The third-order valence-corrected chi connectivity index (χ3v) is 3.08. The quantitative estimate of drug-likeness (QED) is 0.764. The van der Waals surface area contributed by atoms with E-state index >= 15 is 0 Å². The van der Waals surface area contributed by atoms with Gasteiger partial charge in [0.2, 0.25) is 0 Å². The molecular weight excluding hydrogens is 221 g/mol. The molecule has 0 bridgehead atoms. The molecule has 1 fully saturated rings. The third kappa shape index (κ3) is 3.92. The van der Waals surface area contributed by atoms with Gasteiger partial charge in [-0.3, -0.25) is 0 Å². The van der Waals surface area contributed by atoms with E-state index < -0.39 is 12.1 Å². The molecule has 3 nitrogen and oxygen atoms in total. The molecule has 1 rings (SSSR count). The molecule has 6 heteroatoms. The number of rotatable bonds is 4. The number of piperidine rings is 1. The second kappa shape index (κ2) is 5.84. The minimum absolute atomic E-state index is 0.0519. The van der Waals surface area contributed by atoms with Crippen LogP contribution in [0, 0.1) is 5.92 Å². The van der Waals surface area contributed by atoms with Crippen LogP contribution in [0.1, 0.15) is 12.8 Å². The highest BCUT2D eigenvalue weighted by atomic mass is 19.4. The minimum Gasteiger partial charge on any atom is -0.395 e. The zero-order chi connectivity index (χ0) is 12.2. The number of hydrogen-bond acceptors (Lipinski definition) is 3. The fourth-order valence-corrected chi connectivity index (χ4v) is 2.04. The summed E-state index contributed by atoms with van der Waals surface area (Å²) >= 11 is 0. The maximum Gasteiger partial charge on any atom is 0.393 e. The van der Waals surface area contributed by atoms with Crippen LogP contribution in [0.15, 0.2) is 0 Å². The van der Waals surface area contributed by atoms with Gasteiger partial charge in [0.25, 0.3) is 0 Å². The summed E-state index contributed by atoms with van der Waals surface area (Å²) in [6, 6.07) is -0.146. The smallest absolute Gasteiger partial charge is 0.393 e. The second-order valence-electron chi connectivity index (χ2n) is 4.31. The van der Waals surface area contributed by atoms with Crippen LogP contribution < -0.4 is 5.32 Å². The SMILES string of the molecule is CNC(CO)CN1CCCC(C(F)(F)F)C1. The number of aliphatic hydroxyl groups excluding tert-OH is 1. The molecule has 0 saturated carbocycles. The number of aliphatic hydroxyl groups is 1. The standard InChI is InChI=1S/C10H19F3N2O/c1-14-9(7-16)6-15-4-2-3-8(5-15)10(11,12)13/h8-9,14,16H,2-7H2,1H3. The first-order valence-electron chi connectivity index (χ1n) is 5.54. The molecule has 0 aromatic heterocycles. The van der Waals surface area contributed by atoms with E-state index in [4.69, 9.17) is 5.11 Å². The maximum atomic E-state index is 12.5. The van der Waals surface area contributed by atoms with Crippen LogP contribution in [-0.2, 0) is 0 Å². The summed E-state index contributed by atoms with van der Waals surface area (Å²) in [7, 11) is 1.70. The van der Waals surface area contributed by atoms with Crippen molar-refractivity contribution in [2.45, 2.75) is 25.1 Å². The summed E-state index contributed by atoms with van der Waals surface area (Å²) < 4.78 is 37.6. The lowest BCUT2D eigenvalue weighted by Gasteiger charge is -2.35. The highest BCUT2D eigenvalue weighted by Gasteiger charge is 2.41. The van der Waals surface area contributed by atoms with Crippen molar-refractivity contribution in [3.05, 3.63) is 0 Å². The highest BCUT2D eigenvalue weighted by Crippen LogP contribution is 2.32. The van der Waals surface area contributed by atoms with Gasteiger partial charge < -0.3 is 15.3 Å². The largest absolute Gasteiger partial charge is 0.395 e. The molecule has 1 aliphatic heterocycles. The number of nitrogens with zero attached hydrogens (tertiary/aromatic N) is 1. The van der Waals surface area contributed by atoms with Crippen LogP contribution in [0.25, 0.3) is 0 Å². The Labute approximate surface area is 93.6 Å². The summed E-state index contributed by atoms with van der Waals surface area (Å²) in [6.07, 6.45) is -3.29. The van der Waals surface area contributed by atoms with Crippen LogP contribution in [0.4, 0.5) is 13.2 Å². The maximum absolute atomic E-state index is 12.5. The van der Waals surface area contributed by atoms with Crippen LogP contribution in [0.5, 0.6) is 0 Å². The molecule has 96 valence electrons. The van der Waals surface area contributed by atoms with Gasteiger partial charge in [0.05, 0.1) is 12.5 Å². The highest BCUT2D eigenvalue weighted by molar-refractivity contribution is 4.80. The number of hydrogen-bond donors (Lipinski definition) is 2. The molecule has 2 unspecified atom stereocenters. The number of halogens is 3. The Morgan fingerprint density at radius 3 is 2.69 bits per heavy atom. The predicted molar refractivity (Wildman–Crippen MR) is 55.2 cm³/mol. The average Bonchev–Trinajstić information content (AvgIpc) is 2.25. The Bertz CT molecular complexity index is 207. The molecule has 0 aliphatic carbocycles. The van der Waals surface area contributed by atoms with E-state index in [1.165, 1.54) is 0 Å². The summed E-state index contributed by atoms with van der Waals surface area (Å²) in [6.45, 7) is 1.16. The van der Waals surface area contributed by atoms with Gasteiger partial charge >= 0.3 is 6.18 Å². The molecule has 2 atom stereocenters. The fourth-order valence-electron chi connectivity index (χ4n) is 2.04. The molecule has 0 radical (unpaired) electrons. The van der Waals surface area contributed by atoms with Crippen molar-refractivity contribution in [2.75, 3.05) is 33.3 Å². The Morgan fingerprint density at radius 2 is 2.19 bits per heavy atom. The summed E-state index contributed by atoms with van der Waals surface area (Å²) in [4.78, 5) is 1.78. The predicted octanol–water partition coefficient (Wildman–Crippen LogP) is 0.841. The normalized spacial score (nSPS) is 25.7. The van der Waals surface area contributed by atoms with Crippen LogP contribution >= 0.6 is 0 Å². The molecule has 16 heavy (non-hydrogen) atoms. The van der Waals surface area contributed by atoms with E-state index in [1.807, 2.05) is 0 Å². The number of alkyl halides is 3. The van der Waals surface area contributed by atoms with Crippen molar-refractivity contribution in [3.63, 3.8) is 0 Å². The van der Waals surface area contributed by atoms with Crippen LogP contribution in [-0.4, -0.2) is 55.5 Å². The summed E-state index contributed by atoms with van der Waals surface area (Å²) in [5.74, 6) is -1.21. The van der Waals surface area contributed by atoms with Gasteiger partial charge in [-0.2, -0.15) is 13.2 Å². The summed E-state index contributed by atoms with van der Waals surface area (Å²) in [5.41, 5.74) is 0. The van der Waals surface area contributed by atoms with E-state index in [9.17, 15) is 13.2 Å². The van der Waals surface area contributed by atoms with Crippen LogP contribution in [0.3, 0.4) is 0 Å². The molecule has 1 aliphatic rings. The lowest BCUT2D eigenvalue weighted by molar-refractivity contribution is -0.186. The van der Waals surface area contributed by atoms with Gasteiger partial charge in [-0.15, -0.1) is 0 Å². The van der Waals surface area contributed by atoms with Crippen molar-refractivity contribution in [2.24, 2.45) is 5.92 Å². The summed E-state index contributed by atoms with van der Waals surface area (Å²) in [5, 5.41) is 11.9. The minimum atomic E-state index is -4.09. The second-order valence-corrected chi connectivity index (χ2v) is 4.31. The Balaban J connectivity index is 2.44. The van der Waals surface area contributed by atoms with E-state index in [0.29, 0.717) is 19.5 Å². The monoisotopic (exact) mass is 240 g/mol. The van der Waals surface area contributed by atoms with Gasteiger partial charge in [0.15, 0.2) is 0 Å². The zero-order valence-corrected chi connectivity index (χ0v) is 9.43. The molecule has 0 aromatic carbocycles. The number of likely N-dealkylation sites (N-methyl/N-ethyl adjacent to an activating group) is 1. The van der Waals surface area contributed by atoms with Gasteiger partial charge in [-0.05, 0) is 26.4 Å². The number of likely N-dealkylation sites (tertiary alicyclic amines) is 1. The van der Waals surface area contributed by atoms with Gasteiger partial charge in [0, 0.05) is 19.1 Å². The van der Waals surface area contributed by atoms with E-state index in [2.05, 4.69) is 5.32 Å². The Hall–Kier alpha value is -0.330. The van der Waals surface area contributed by atoms with Crippen molar-refractivity contribution in [1.29, 1.82) is 0 Å². The van der Waals surface area contributed by atoms with E-state index in [1.54, 1.807) is 11.9 Å². The first-order valence-corrected chi connectivity index (χ1v) is 5.54. The van der Waals surface area contributed by atoms with Gasteiger partial charge in [-0.25, -0.2) is 0 Å². The fraction of sp³-hybridized carbons (Fsp3) is 1.00. The molecule has 1 saturated heterocycles. The van der Waals surface area contributed by atoms with Gasteiger partial charge in [0.1, 0.15) is 0 Å². The Kier molecular flexibility index (Phi) is 5.01. The molecule has 0 amide bonds. The average molecular weight is 240 g/mol. The first kappa shape index (κ1) is 13.7. The molecule has 2 N–H and O–H groups in total. The topological polar surface area (TPSA) is 35.5 Å². The van der Waals surface area contributed by atoms with Crippen LogP contribution in [0.2, 0.25) is 0 Å². The van der Waals surface area contributed by atoms with Crippen molar-refractivity contribution < 1.29 is 18.3 Å². The van der Waals surface area contributed by atoms with Crippen molar-refractivity contribution in [3.8, 4) is 0 Å². The lowest BCUT2D eigenvalue weighted by Crippen LogP contribution is -2.48. The van der Waals surface area contributed by atoms with Crippen molar-refractivity contribution in [1.82, 2.24) is 10.2 Å².